The molecule has 0 aliphatic rings. The van der Waals surface area contributed by atoms with Gasteiger partial charge in [-0.15, -0.1) is 0 Å². The molecule has 0 unspecified atom stereocenters. The Labute approximate surface area is 128 Å². The fraction of sp³-hybridized carbons (Fsp3) is 0.429. The number of para-hydroxylation sites is 2. The lowest BCUT2D eigenvalue weighted by atomic mass is 10.2. The van der Waals surface area contributed by atoms with Crippen molar-refractivity contribution in [2.24, 2.45) is 0 Å². The van der Waals surface area contributed by atoms with Gasteiger partial charge in [0.15, 0.2) is 0 Å². The number of hydrogen-bond acceptors (Lipinski definition) is 5. The van der Waals surface area contributed by atoms with Crippen LogP contribution < -0.4 is 16.0 Å². The smallest absolute Gasteiger partial charge is 0.292 e. The SMILES string of the molecule is CCCNC(=O)CNC(=O)CCNc1ccccc1[N+](=O)[O-]. The number of nitro groups is 1. The fourth-order valence-electron chi connectivity index (χ4n) is 1.69. The van der Waals surface area contributed by atoms with E-state index < -0.39 is 4.92 Å². The van der Waals surface area contributed by atoms with Crippen molar-refractivity contribution in [2.75, 3.05) is 25.0 Å². The number of benzene rings is 1. The Hall–Kier alpha value is -2.64. The Bertz CT molecular complexity index is 533. The van der Waals surface area contributed by atoms with Gasteiger partial charge in [0.25, 0.3) is 5.69 Å². The molecular formula is C14H20N4O4. The zero-order chi connectivity index (χ0) is 16.4. The van der Waals surface area contributed by atoms with Gasteiger partial charge < -0.3 is 16.0 Å². The Morgan fingerprint density at radius 1 is 1.14 bits per heavy atom. The number of nitro benzene ring substituents is 1. The standard InChI is InChI=1S/C14H20N4O4/c1-2-8-16-14(20)10-17-13(19)7-9-15-11-5-3-4-6-12(11)18(21)22/h3-6,15H,2,7-10H2,1H3,(H,16,20)(H,17,19). The largest absolute Gasteiger partial charge is 0.379 e. The summed E-state index contributed by atoms with van der Waals surface area (Å²) in [4.78, 5) is 33.2. The average Bonchev–Trinajstić information content (AvgIpc) is 2.51. The predicted molar refractivity (Wildman–Crippen MR) is 82.5 cm³/mol. The van der Waals surface area contributed by atoms with Crippen molar-refractivity contribution in [3.63, 3.8) is 0 Å². The minimum absolute atomic E-state index is 0.0400. The maximum absolute atomic E-state index is 11.6. The number of nitrogens with zero attached hydrogens (tertiary/aromatic N) is 1. The summed E-state index contributed by atoms with van der Waals surface area (Å²) in [6.45, 7) is 2.69. The summed E-state index contributed by atoms with van der Waals surface area (Å²) in [7, 11) is 0. The van der Waals surface area contributed by atoms with Gasteiger partial charge in [-0.25, -0.2) is 0 Å². The minimum Gasteiger partial charge on any atom is -0.379 e. The van der Waals surface area contributed by atoms with Crippen LogP contribution in [0.1, 0.15) is 19.8 Å². The second kappa shape index (κ2) is 9.32. The zero-order valence-electron chi connectivity index (χ0n) is 12.4. The van der Waals surface area contributed by atoms with Crippen LogP contribution in [0.4, 0.5) is 11.4 Å². The molecule has 0 saturated heterocycles. The van der Waals surface area contributed by atoms with Gasteiger partial charge in [0, 0.05) is 25.6 Å². The second-order valence-corrected chi connectivity index (χ2v) is 4.58. The highest BCUT2D eigenvalue weighted by atomic mass is 16.6. The maximum atomic E-state index is 11.6. The van der Waals surface area contributed by atoms with Crippen LogP contribution in [0.2, 0.25) is 0 Å². The second-order valence-electron chi connectivity index (χ2n) is 4.58. The minimum atomic E-state index is -0.486. The lowest BCUT2D eigenvalue weighted by molar-refractivity contribution is -0.384. The van der Waals surface area contributed by atoms with Gasteiger partial charge in [-0.3, -0.25) is 19.7 Å². The van der Waals surface area contributed by atoms with Crippen LogP contribution in [0.3, 0.4) is 0 Å². The van der Waals surface area contributed by atoms with E-state index in [1.54, 1.807) is 18.2 Å². The van der Waals surface area contributed by atoms with E-state index in [1.165, 1.54) is 6.07 Å². The molecule has 1 rings (SSSR count). The van der Waals surface area contributed by atoms with Gasteiger partial charge in [-0.2, -0.15) is 0 Å². The van der Waals surface area contributed by atoms with E-state index >= 15 is 0 Å². The van der Waals surface area contributed by atoms with Gasteiger partial charge >= 0.3 is 0 Å². The fourth-order valence-corrected chi connectivity index (χ4v) is 1.69. The van der Waals surface area contributed by atoms with E-state index in [2.05, 4.69) is 16.0 Å². The quantitative estimate of drug-likeness (QED) is 0.466. The molecule has 0 fully saturated rings. The number of carbonyl (C=O) groups is 2. The van der Waals surface area contributed by atoms with E-state index in [0.29, 0.717) is 12.2 Å². The summed E-state index contributed by atoms with van der Waals surface area (Å²) in [5.41, 5.74) is 0.322. The van der Waals surface area contributed by atoms with Crippen LogP contribution in [0.25, 0.3) is 0 Å². The first kappa shape index (κ1) is 17.4. The Morgan fingerprint density at radius 3 is 2.55 bits per heavy atom. The van der Waals surface area contributed by atoms with E-state index in [9.17, 15) is 19.7 Å². The van der Waals surface area contributed by atoms with Gasteiger partial charge in [-0.05, 0) is 12.5 Å². The molecule has 0 aliphatic heterocycles. The molecule has 0 aliphatic carbocycles. The molecule has 22 heavy (non-hydrogen) atoms. The van der Waals surface area contributed by atoms with Crippen LogP contribution in [-0.2, 0) is 9.59 Å². The summed E-state index contributed by atoms with van der Waals surface area (Å²) in [5, 5.41) is 18.8. The van der Waals surface area contributed by atoms with Crippen molar-refractivity contribution in [1.82, 2.24) is 10.6 Å². The molecule has 120 valence electrons. The first-order valence-electron chi connectivity index (χ1n) is 7.05. The summed E-state index contributed by atoms with van der Waals surface area (Å²) in [6, 6.07) is 6.22. The third-order valence-corrected chi connectivity index (χ3v) is 2.79. The van der Waals surface area contributed by atoms with E-state index in [1.807, 2.05) is 6.92 Å². The topological polar surface area (TPSA) is 113 Å². The van der Waals surface area contributed by atoms with Gasteiger partial charge in [0.05, 0.1) is 11.5 Å². The number of hydrogen-bond donors (Lipinski definition) is 3. The van der Waals surface area contributed by atoms with Crippen LogP contribution in [0, 0.1) is 10.1 Å². The molecule has 0 bridgehead atoms. The maximum Gasteiger partial charge on any atom is 0.292 e. The Kier molecular flexibility index (Phi) is 7.38. The van der Waals surface area contributed by atoms with E-state index in [-0.39, 0.29) is 37.0 Å². The first-order chi connectivity index (χ1) is 10.5. The third kappa shape index (κ3) is 6.21. The van der Waals surface area contributed by atoms with Crippen LogP contribution in [-0.4, -0.2) is 36.4 Å². The molecular weight excluding hydrogens is 288 g/mol. The van der Waals surface area contributed by atoms with Crippen molar-refractivity contribution in [2.45, 2.75) is 19.8 Å². The highest BCUT2D eigenvalue weighted by molar-refractivity contribution is 5.84. The van der Waals surface area contributed by atoms with Crippen molar-refractivity contribution in [3.8, 4) is 0 Å². The molecule has 8 heteroatoms. The molecule has 1 aromatic rings. The molecule has 0 saturated carbocycles. The van der Waals surface area contributed by atoms with Crippen molar-refractivity contribution < 1.29 is 14.5 Å². The number of carbonyl (C=O) groups excluding carboxylic acids is 2. The summed E-state index contributed by atoms with van der Waals surface area (Å²) < 4.78 is 0. The lowest BCUT2D eigenvalue weighted by Gasteiger charge is -2.08. The zero-order valence-corrected chi connectivity index (χ0v) is 12.4. The summed E-state index contributed by atoms with van der Waals surface area (Å²) in [6.07, 6.45) is 0.951. The van der Waals surface area contributed by atoms with Crippen LogP contribution in [0.5, 0.6) is 0 Å². The lowest BCUT2D eigenvalue weighted by Crippen LogP contribution is -2.37. The Balaban J connectivity index is 2.31. The van der Waals surface area contributed by atoms with E-state index in [0.717, 1.165) is 6.42 Å². The predicted octanol–water partition coefficient (Wildman–Crippen LogP) is 1.04. The number of anilines is 1. The van der Waals surface area contributed by atoms with Crippen LogP contribution >= 0.6 is 0 Å². The molecule has 0 atom stereocenters. The van der Waals surface area contributed by atoms with Crippen molar-refractivity contribution in [3.05, 3.63) is 34.4 Å². The normalized spacial score (nSPS) is 9.86. The molecule has 3 N–H and O–H groups in total. The van der Waals surface area contributed by atoms with Crippen LogP contribution in [0.15, 0.2) is 24.3 Å². The first-order valence-corrected chi connectivity index (χ1v) is 7.05. The monoisotopic (exact) mass is 308 g/mol. The molecule has 0 aromatic heterocycles. The number of rotatable bonds is 9. The summed E-state index contributed by atoms with van der Waals surface area (Å²) >= 11 is 0. The molecule has 1 aromatic carbocycles. The third-order valence-electron chi connectivity index (χ3n) is 2.79. The van der Waals surface area contributed by atoms with Crippen molar-refractivity contribution >= 4 is 23.2 Å². The van der Waals surface area contributed by atoms with Gasteiger partial charge in [0.1, 0.15) is 5.69 Å². The molecule has 2 amide bonds. The molecule has 8 nitrogen and oxygen atoms in total. The molecule has 0 radical (unpaired) electrons. The molecule has 0 heterocycles. The number of nitrogens with one attached hydrogen (secondary N) is 3. The highest BCUT2D eigenvalue weighted by Gasteiger charge is 2.12. The van der Waals surface area contributed by atoms with E-state index in [4.69, 9.17) is 0 Å². The highest BCUT2D eigenvalue weighted by Crippen LogP contribution is 2.22. The number of amides is 2. The average molecular weight is 308 g/mol. The Morgan fingerprint density at radius 2 is 1.86 bits per heavy atom. The summed E-state index contributed by atoms with van der Waals surface area (Å²) in [5.74, 6) is -0.528. The van der Waals surface area contributed by atoms with Gasteiger partial charge in [0.2, 0.25) is 11.8 Å². The van der Waals surface area contributed by atoms with Gasteiger partial charge in [-0.1, -0.05) is 19.1 Å². The van der Waals surface area contributed by atoms with Crippen molar-refractivity contribution in [1.29, 1.82) is 0 Å². The molecule has 0 spiro atoms.